The highest BCUT2D eigenvalue weighted by Gasteiger charge is 2.38. The summed E-state index contributed by atoms with van der Waals surface area (Å²) in [6.45, 7) is 3.11. The lowest BCUT2D eigenvalue weighted by molar-refractivity contribution is -0.139. The van der Waals surface area contributed by atoms with Crippen molar-refractivity contribution in [1.29, 1.82) is 0 Å². The van der Waals surface area contributed by atoms with Crippen molar-refractivity contribution < 1.29 is 23.1 Å². The molecule has 2 aliphatic carbocycles. The zero-order valence-corrected chi connectivity index (χ0v) is 15.6. The molecule has 9 heteroatoms. The summed E-state index contributed by atoms with van der Waals surface area (Å²) in [7, 11) is -3.64. The molecule has 1 aromatic rings. The molecule has 3 rings (SSSR count). The van der Waals surface area contributed by atoms with E-state index in [2.05, 4.69) is 9.71 Å². The van der Waals surface area contributed by atoms with Crippen LogP contribution in [-0.2, 0) is 14.8 Å². The molecular weight excluding hydrogens is 358 g/mol. The van der Waals surface area contributed by atoms with Crippen molar-refractivity contribution in [2.24, 2.45) is 5.92 Å². The maximum absolute atomic E-state index is 12.4. The van der Waals surface area contributed by atoms with Gasteiger partial charge in [-0.1, -0.05) is 0 Å². The number of hydrogen-bond acceptors (Lipinski definition) is 6. The summed E-state index contributed by atoms with van der Waals surface area (Å²) in [6, 6.07) is 2.96. The molecule has 8 nitrogen and oxygen atoms in total. The third kappa shape index (κ3) is 4.93. The number of aliphatic carboxylic acids is 1. The Morgan fingerprint density at radius 2 is 2.12 bits per heavy atom. The zero-order chi connectivity index (χ0) is 18.7. The topological polar surface area (TPSA) is 109 Å². The van der Waals surface area contributed by atoms with E-state index in [0.717, 1.165) is 19.4 Å². The molecule has 2 aliphatic rings. The van der Waals surface area contributed by atoms with Crippen LogP contribution in [0, 0.1) is 5.92 Å². The highest BCUT2D eigenvalue weighted by Crippen LogP contribution is 2.34. The summed E-state index contributed by atoms with van der Waals surface area (Å²) in [4.78, 5) is 17.1. The molecule has 0 spiro atoms. The molecule has 2 fully saturated rings. The number of sulfonamides is 1. The van der Waals surface area contributed by atoms with Crippen LogP contribution in [0.3, 0.4) is 0 Å². The molecule has 0 unspecified atom stereocenters. The van der Waals surface area contributed by atoms with Crippen molar-refractivity contribution in [3.05, 3.63) is 18.3 Å². The minimum absolute atomic E-state index is 0.0173. The van der Waals surface area contributed by atoms with E-state index in [1.807, 2.05) is 11.8 Å². The largest absolute Gasteiger partial charge is 0.480 e. The highest BCUT2D eigenvalue weighted by atomic mass is 32.2. The second kappa shape index (κ2) is 7.89. The number of pyridine rings is 1. The lowest BCUT2D eigenvalue weighted by Crippen LogP contribution is -2.55. The van der Waals surface area contributed by atoms with Crippen LogP contribution in [0.5, 0.6) is 5.88 Å². The Labute approximate surface area is 153 Å². The third-order valence-electron chi connectivity index (χ3n) is 4.79. The van der Waals surface area contributed by atoms with Crippen molar-refractivity contribution in [3.63, 3.8) is 0 Å². The number of ether oxygens (including phenoxy) is 1. The molecule has 144 valence electrons. The van der Waals surface area contributed by atoms with E-state index in [0.29, 0.717) is 31.2 Å². The number of hydrogen-bond donors (Lipinski definition) is 2. The van der Waals surface area contributed by atoms with Crippen LogP contribution < -0.4 is 9.46 Å². The van der Waals surface area contributed by atoms with Crippen LogP contribution in [0.4, 0.5) is 0 Å². The maximum Gasteiger partial charge on any atom is 0.317 e. The third-order valence-corrected chi connectivity index (χ3v) is 6.30. The second-order valence-electron chi connectivity index (χ2n) is 6.98. The van der Waals surface area contributed by atoms with Gasteiger partial charge in [0.05, 0.1) is 19.3 Å². The molecule has 0 amide bonds. The van der Waals surface area contributed by atoms with Gasteiger partial charge in [-0.15, -0.1) is 0 Å². The molecule has 1 aromatic heterocycles. The van der Waals surface area contributed by atoms with Gasteiger partial charge in [-0.3, -0.25) is 9.69 Å². The van der Waals surface area contributed by atoms with E-state index in [9.17, 15) is 13.2 Å². The van der Waals surface area contributed by atoms with E-state index < -0.39 is 16.0 Å². The van der Waals surface area contributed by atoms with Gasteiger partial charge in [-0.25, -0.2) is 18.1 Å². The Balaban J connectivity index is 1.53. The first kappa shape index (κ1) is 19.1. The summed E-state index contributed by atoms with van der Waals surface area (Å²) in [5.74, 6) is 0.148. The Kier molecular flexibility index (Phi) is 5.79. The molecule has 2 saturated carbocycles. The summed E-state index contributed by atoms with van der Waals surface area (Å²) in [5.41, 5.74) is 0. The first-order chi connectivity index (χ1) is 12.4. The van der Waals surface area contributed by atoms with Gasteiger partial charge in [-0.2, -0.15) is 0 Å². The Bertz CT molecular complexity index is 727. The lowest BCUT2D eigenvalue weighted by Gasteiger charge is -2.42. The van der Waals surface area contributed by atoms with Crippen LogP contribution in [-0.4, -0.2) is 61.2 Å². The molecule has 0 aromatic carbocycles. The number of nitrogens with zero attached hydrogens (tertiary/aromatic N) is 2. The Hall–Kier alpha value is -1.71. The minimum Gasteiger partial charge on any atom is -0.480 e. The number of carboxylic acid groups (broad SMARTS) is 1. The van der Waals surface area contributed by atoms with Crippen molar-refractivity contribution in [1.82, 2.24) is 14.6 Å². The van der Waals surface area contributed by atoms with Crippen molar-refractivity contribution in [2.75, 3.05) is 19.7 Å². The average molecular weight is 383 g/mol. The predicted octanol–water partition coefficient (Wildman–Crippen LogP) is 1.09. The van der Waals surface area contributed by atoms with Gasteiger partial charge in [-0.05, 0) is 44.6 Å². The predicted molar refractivity (Wildman–Crippen MR) is 94.5 cm³/mol. The molecule has 0 aliphatic heterocycles. The Morgan fingerprint density at radius 3 is 2.65 bits per heavy atom. The molecule has 0 radical (unpaired) electrons. The van der Waals surface area contributed by atoms with Gasteiger partial charge < -0.3 is 9.84 Å². The maximum atomic E-state index is 12.4. The normalized spacial score (nSPS) is 22.8. The number of carboxylic acids is 1. The van der Waals surface area contributed by atoms with E-state index in [-0.39, 0.29) is 23.5 Å². The van der Waals surface area contributed by atoms with Crippen LogP contribution in [0.25, 0.3) is 0 Å². The number of aromatic nitrogens is 1. The standard InChI is InChI=1S/C17H25N3O5S/c1-2-25-16-6-5-15(9-18-16)26(23,24)19-13-7-14(8-13)20(11-17(21)22)10-12-3-4-12/h5-6,9,12-14,19H,2-4,7-8,10-11H2,1H3,(H,21,22). The Morgan fingerprint density at radius 1 is 1.38 bits per heavy atom. The van der Waals surface area contributed by atoms with Crippen LogP contribution in [0.15, 0.2) is 23.2 Å². The van der Waals surface area contributed by atoms with Crippen molar-refractivity contribution in [3.8, 4) is 5.88 Å². The fourth-order valence-electron chi connectivity index (χ4n) is 3.18. The minimum atomic E-state index is -3.64. The molecule has 0 bridgehead atoms. The first-order valence-electron chi connectivity index (χ1n) is 8.94. The van der Waals surface area contributed by atoms with Gasteiger partial charge in [0.1, 0.15) is 4.90 Å². The quantitative estimate of drug-likeness (QED) is 0.622. The number of rotatable bonds is 10. The molecule has 1 heterocycles. The van der Waals surface area contributed by atoms with Crippen LogP contribution in [0.1, 0.15) is 32.6 Å². The van der Waals surface area contributed by atoms with E-state index >= 15 is 0 Å². The van der Waals surface area contributed by atoms with Crippen molar-refractivity contribution in [2.45, 2.75) is 49.6 Å². The fourth-order valence-corrected chi connectivity index (χ4v) is 4.38. The molecule has 0 atom stereocenters. The van der Waals surface area contributed by atoms with Gasteiger partial charge in [0.25, 0.3) is 0 Å². The summed E-state index contributed by atoms with van der Waals surface area (Å²) >= 11 is 0. The van der Waals surface area contributed by atoms with E-state index in [1.54, 1.807) is 0 Å². The highest BCUT2D eigenvalue weighted by molar-refractivity contribution is 7.89. The van der Waals surface area contributed by atoms with E-state index in [4.69, 9.17) is 9.84 Å². The van der Waals surface area contributed by atoms with E-state index in [1.165, 1.54) is 18.3 Å². The molecule has 2 N–H and O–H groups in total. The number of nitrogens with one attached hydrogen (secondary N) is 1. The smallest absolute Gasteiger partial charge is 0.317 e. The van der Waals surface area contributed by atoms with Crippen LogP contribution >= 0.6 is 0 Å². The lowest BCUT2D eigenvalue weighted by atomic mass is 9.86. The average Bonchev–Trinajstić information content (AvgIpc) is 3.34. The van der Waals surface area contributed by atoms with Crippen LogP contribution in [0.2, 0.25) is 0 Å². The first-order valence-corrected chi connectivity index (χ1v) is 10.4. The summed E-state index contributed by atoms with van der Waals surface area (Å²) in [6.07, 6.45) is 4.86. The fraction of sp³-hybridized carbons (Fsp3) is 0.647. The van der Waals surface area contributed by atoms with Gasteiger partial charge in [0.15, 0.2) is 0 Å². The molecular formula is C17H25N3O5S. The zero-order valence-electron chi connectivity index (χ0n) is 14.8. The SMILES string of the molecule is CCOc1ccc(S(=O)(=O)NC2CC(N(CC(=O)O)CC3CC3)C2)cn1. The van der Waals surface area contributed by atoms with Gasteiger partial charge >= 0.3 is 5.97 Å². The monoisotopic (exact) mass is 383 g/mol. The van der Waals surface area contributed by atoms with Crippen molar-refractivity contribution >= 4 is 16.0 Å². The van der Waals surface area contributed by atoms with Gasteiger partial charge in [0.2, 0.25) is 15.9 Å². The molecule has 0 saturated heterocycles. The number of carbonyl (C=O) groups is 1. The van der Waals surface area contributed by atoms with Gasteiger partial charge in [0, 0.05) is 24.7 Å². The summed E-state index contributed by atoms with van der Waals surface area (Å²) in [5, 5.41) is 9.08. The molecule has 26 heavy (non-hydrogen) atoms. The summed E-state index contributed by atoms with van der Waals surface area (Å²) < 4.78 is 32.8. The second-order valence-corrected chi connectivity index (χ2v) is 8.69.